The molecule has 1 unspecified atom stereocenters. The van der Waals surface area contributed by atoms with Crippen molar-refractivity contribution in [2.45, 2.75) is 39.0 Å². The molecule has 24 heavy (non-hydrogen) atoms. The van der Waals surface area contributed by atoms with Crippen LogP contribution in [-0.4, -0.2) is 48.5 Å². The van der Waals surface area contributed by atoms with Crippen LogP contribution in [-0.2, 0) is 20.9 Å². The van der Waals surface area contributed by atoms with E-state index in [1.54, 1.807) is 20.8 Å². The number of ether oxygens (including phenoxy) is 2. The van der Waals surface area contributed by atoms with Gasteiger partial charge in [-0.05, 0) is 26.3 Å². The summed E-state index contributed by atoms with van der Waals surface area (Å²) in [7, 11) is 0. The third-order valence-corrected chi connectivity index (χ3v) is 2.87. The van der Waals surface area contributed by atoms with Gasteiger partial charge in [-0.25, -0.2) is 4.79 Å². The fraction of sp³-hybridized carbons (Fsp3) is 0.529. The van der Waals surface area contributed by atoms with Crippen molar-refractivity contribution in [1.82, 2.24) is 10.6 Å². The molecule has 0 heterocycles. The maximum Gasteiger partial charge on any atom is 0.407 e. The largest absolute Gasteiger partial charge is 0.459 e. The predicted molar refractivity (Wildman–Crippen MR) is 89.4 cm³/mol. The van der Waals surface area contributed by atoms with Crippen molar-refractivity contribution < 1.29 is 24.2 Å². The summed E-state index contributed by atoms with van der Waals surface area (Å²) < 4.78 is 10.2. The van der Waals surface area contributed by atoms with Crippen molar-refractivity contribution in [2.75, 3.05) is 19.7 Å². The molecule has 1 aromatic carbocycles. The van der Waals surface area contributed by atoms with Crippen LogP contribution in [0.3, 0.4) is 0 Å². The molecular weight excluding hydrogens is 312 g/mol. The summed E-state index contributed by atoms with van der Waals surface area (Å²) in [5.41, 5.74) is 0.280. The van der Waals surface area contributed by atoms with Crippen molar-refractivity contribution in [2.24, 2.45) is 0 Å². The summed E-state index contributed by atoms with van der Waals surface area (Å²) in [6.07, 6.45) is -0.543. The van der Waals surface area contributed by atoms with Gasteiger partial charge in [-0.15, -0.1) is 0 Å². The zero-order valence-electron chi connectivity index (χ0n) is 14.4. The molecule has 1 rings (SSSR count). The van der Waals surface area contributed by atoms with Crippen LogP contribution in [0.25, 0.3) is 0 Å². The number of hydrogen-bond donors (Lipinski definition) is 3. The van der Waals surface area contributed by atoms with Crippen LogP contribution in [0.5, 0.6) is 0 Å². The average molecular weight is 338 g/mol. The lowest BCUT2D eigenvalue weighted by Crippen LogP contribution is -2.46. The van der Waals surface area contributed by atoms with E-state index in [2.05, 4.69) is 10.6 Å². The first kappa shape index (κ1) is 19.9. The van der Waals surface area contributed by atoms with Gasteiger partial charge >= 0.3 is 12.1 Å². The van der Waals surface area contributed by atoms with E-state index in [1.165, 1.54) is 0 Å². The van der Waals surface area contributed by atoms with Gasteiger partial charge in [-0.3, -0.25) is 4.79 Å². The Bertz CT molecular complexity index is 513. The minimum absolute atomic E-state index is 0.192. The first-order valence-corrected chi connectivity index (χ1v) is 7.83. The molecule has 7 nitrogen and oxygen atoms in total. The molecule has 0 bridgehead atoms. The van der Waals surface area contributed by atoms with Gasteiger partial charge < -0.3 is 25.2 Å². The lowest BCUT2D eigenvalue weighted by Gasteiger charge is -2.23. The Balaban J connectivity index is 2.21. The van der Waals surface area contributed by atoms with Crippen molar-refractivity contribution in [3.8, 4) is 0 Å². The minimum atomic E-state index is -0.827. The minimum Gasteiger partial charge on any atom is -0.459 e. The SMILES string of the molecule is CC(C)(C)OC(=O)C(CO)NCCNC(=O)OCc1ccccc1. The summed E-state index contributed by atoms with van der Waals surface area (Å²) >= 11 is 0. The number of hydrogen-bond acceptors (Lipinski definition) is 6. The van der Waals surface area contributed by atoms with Gasteiger partial charge in [0.1, 0.15) is 18.2 Å². The molecule has 0 aliphatic heterocycles. The molecule has 0 aliphatic carbocycles. The van der Waals surface area contributed by atoms with Crippen molar-refractivity contribution in [1.29, 1.82) is 0 Å². The quantitative estimate of drug-likeness (QED) is 0.487. The van der Waals surface area contributed by atoms with Crippen LogP contribution in [0.15, 0.2) is 30.3 Å². The molecule has 0 saturated carbocycles. The maximum atomic E-state index is 11.8. The number of carbonyl (C=O) groups excluding carboxylic acids is 2. The summed E-state index contributed by atoms with van der Waals surface area (Å²) in [5, 5.41) is 14.6. The van der Waals surface area contributed by atoms with E-state index in [-0.39, 0.29) is 19.8 Å². The Labute approximate surface area is 142 Å². The van der Waals surface area contributed by atoms with E-state index in [0.29, 0.717) is 6.54 Å². The zero-order valence-corrected chi connectivity index (χ0v) is 14.4. The van der Waals surface area contributed by atoms with Gasteiger partial charge in [0.05, 0.1) is 6.61 Å². The molecule has 0 aliphatic rings. The van der Waals surface area contributed by atoms with Gasteiger partial charge in [0.15, 0.2) is 0 Å². The fourth-order valence-electron chi connectivity index (χ4n) is 1.78. The zero-order chi connectivity index (χ0) is 18.0. The molecule has 0 saturated heterocycles. The van der Waals surface area contributed by atoms with Crippen LogP contribution in [0, 0.1) is 0 Å². The van der Waals surface area contributed by atoms with Crippen LogP contribution >= 0.6 is 0 Å². The van der Waals surface area contributed by atoms with E-state index in [9.17, 15) is 14.7 Å². The molecule has 1 aromatic rings. The van der Waals surface area contributed by atoms with Crippen molar-refractivity contribution >= 4 is 12.1 Å². The first-order valence-electron chi connectivity index (χ1n) is 7.83. The Morgan fingerprint density at radius 1 is 1.17 bits per heavy atom. The monoisotopic (exact) mass is 338 g/mol. The lowest BCUT2D eigenvalue weighted by molar-refractivity contribution is -0.158. The Morgan fingerprint density at radius 2 is 1.83 bits per heavy atom. The summed E-state index contributed by atoms with van der Waals surface area (Å²) in [4.78, 5) is 23.4. The Hall–Kier alpha value is -2.12. The molecule has 1 amide bonds. The topological polar surface area (TPSA) is 96.9 Å². The number of carbonyl (C=O) groups is 2. The average Bonchev–Trinajstić information content (AvgIpc) is 2.52. The van der Waals surface area contributed by atoms with E-state index in [4.69, 9.17) is 9.47 Å². The third kappa shape index (κ3) is 8.50. The number of rotatable bonds is 8. The molecule has 0 fully saturated rings. The third-order valence-electron chi connectivity index (χ3n) is 2.87. The van der Waals surface area contributed by atoms with Gasteiger partial charge in [0.25, 0.3) is 0 Å². The number of amides is 1. The van der Waals surface area contributed by atoms with Crippen LogP contribution < -0.4 is 10.6 Å². The lowest BCUT2D eigenvalue weighted by atomic mass is 10.2. The molecule has 0 aromatic heterocycles. The molecule has 7 heteroatoms. The second-order valence-electron chi connectivity index (χ2n) is 6.21. The number of esters is 1. The van der Waals surface area contributed by atoms with E-state index >= 15 is 0 Å². The van der Waals surface area contributed by atoms with E-state index in [1.807, 2.05) is 30.3 Å². The Kier molecular flexibility index (Phi) is 8.21. The highest BCUT2D eigenvalue weighted by atomic mass is 16.6. The summed E-state index contributed by atoms with van der Waals surface area (Å²) in [6, 6.07) is 8.52. The second kappa shape index (κ2) is 9.89. The van der Waals surface area contributed by atoms with E-state index in [0.717, 1.165) is 5.56 Å². The normalized spacial score (nSPS) is 12.3. The predicted octanol–water partition coefficient (Wildman–Crippen LogP) is 1.21. The molecule has 134 valence electrons. The molecule has 3 N–H and O–H groups in total. The van der Waals surface area contributed by atoms with Gasteiger partial charge in [0, 0.05) is 13.1 Å². The highest BCUT2D eigenvalue weighted by Crippen LogP contribution is 2.08. The summed E-state index contributed by atoms with van der Waals surface area (Å²) in [6.45, 7) is 5.62. The number of aliphatic hydroxyl groups is 1. The van der Waals surface area contributed by atoms with Crippen LogP contribution in [0.2, 0.25) is 0 Å². The highest BCUT2D eigenvalue weighted by molar-refractivity contribution is 5.76. The smallest absolute Gasteiger partial charge is 0.407 e. The standard InChI is InChI=1S/C17H26N2O5/c1-17(2,3)24-15(21)14(11-20)18-9-10-19-16(22)23-12-13-7-5-4-6-8-13/h4-8,14,18,20H,9-12H2,1-3H3,(H,19,22). The van der Waals surface area contributed by atoms with Crippen molar-refractivity contribution in [3.63, 3.8) is 0 Å². The first-order chi connectivity index (χ1) is 11.3. The van der Waals surface area contributed by atoms with E-state index < -0.39 is 23.7 Å². The highest BCUT2D eigenvalue weighted by Gasteiger charge is 2.23. The van der Waals surface area contributed by atoms with Crippen molar-refractivity contribution in [3.05, 3.63) is 35.9 Å². The summed E-state index contributed by atoms with van der Waals surface area (Å²) in [5.74, 6) is -0.531. The van der Waals surface area contributed by atoms with Gasteiger partial charge in [-0.2, -0.15) is 0 Å². The van der Waals surface area contributed by atoms with Gasteiger partial charge in [0.2, 0.25) is 0 Å². The molecule has 1 atom stereocenters. The molecular formula is C17H26N2O5. The fourth-order valence-corrected chi connectivity index (χ4v) is 1.78. The number of nitrogens with one attached hydrogen (secondary N) is 2. The Morgan fingerprint density at radius 3 is 2.42 bits per heavy atom. The van der Waals surface area contributed by atoms with Gasteiger partial charge in [-0.1, -0.05) is 30.3 Å². The van der Waals surface area contributed by atoms with Crippen LogP contribution in [0.1, 0.15) is 26.3 Å². The second-order valence-corrected chi connectivity index (χ2v) is 6.21. The number of benzene rings is 1. The molecule has 0 radical (unpaired) electrons. The number of alkyl carbamates (subject to hydrolysis) is 1. The maximum absolute atomic E-state index is 11.8. The number of aliphatic hydroxyl groups excluding tert-OH is 1. The van der Waals surface area contributed by atoms with Crippen LogP contribution in [0.4, 0.5) is 4.79 Å². The molecule has 0 spiro atoms.